The number of fused-ring (bicyclic) bond motifs is 1. The molecule has 0 atom stereocenters. The van der Waals surface area contributed by atoms with Crippen LogP contribution in [0.25, 0.3) is 0 Å². The number of aliphatic imine (C=N–C) groups is 1. The van der Waals surface area contributed by atoms with Gasteiger partial charge in [0, 0.05) is 7.05 Å². The molecule has 0 bridgehead atoms. The van der Waals surface area contributed by atoms with E-state index in [9.17, 15) is 4.79 Å². The summed E-state index contributed by atoms with van der Waals surface area (Å²) in [7, 11) is 1.75. The van der Waals surface area contributed by atoms with Crippen molar-refractivity contribution in [2.24, 2.45) is 4.99 Å². The van der Waals surface area contributed by atoms with Crippen LogP contribution in [0.3, 0.4) is 0 Å². The van der Waals surface area contributed by atoms with Gasteiger partial charge in [-0.05, 0) is 19.1 Å². The lowest BCUT2D eigenvalue weighted by Gasteiger charge is -2.15. The lowest BCUT2D eigenvalue weighted by atomic mass is 10.1. The Morgan fingerprint density at radius 3 is 2.94 bits per heavy atom. The number of likely N-dealkylation sites (N-methyl/N-ethyl adjacent to an activating group) is 1. The third-order valence-electron chi connectivity index (χ3n) is 2.41. The predicted molar refractivity (Wildman–Crippen MR) is 62.1 cm³/mol. The van der Waals surface area contributed by atoms with Crippen molar-refractivity contribution >= 4 is 17.5 Å². The molecular formula is C12H14N2O2. The first-order valence-electron chi connectivity index (χ1n) is 5.27. The average Bonchev–Trinajstić information content (AvgIpc) is 2.39. The van der Waals surface area contributed by atoms with Gasteiger partial charge in [0.1, 0.15) is 0 Å². The van der Waals surface area contributed by atoms with Gasteiger partial charge in [-0.15, -0.1) is 0 Å². The van der Waals surface area contributed by atoms with E-state index in [1.54, 1.807) is 18.0 Å². The summed E-state index contributed by atoms with van der Waals surface area (Å²) in [4.78, 5) is 18.0. The molecule has 84 valence electrons. The van der Waals surface area contributed by atoms with Crippen molar-refractivity contribution in [2.45, 2.75) is 6.92 Å². The van der Waals surface area contributed by atoms with Crippen molar-refractivity contribution < 1.29 is 9.53 Å². The first-order chi connectivity index (χ1) is 7.72. The van der Waals surface area contributed by atoms with Crippen LogP contribution in [-0.2, 0) is 4.74 Å². The molecular weight excluding hydrogens is 204 g/mol. The summed E-state index contributed by atoms with van der Waals surface area (Å²) in [6.07, 6.45) is 0. The van der Waals surface area contributed by atoms with E-state index in [0.29, 0.717) is 30.3 Å². The average molecular weight is 218 g/mol. The molecule has 0 aliphatic carbocycles. The molecule has 0 saturated carbocycles. The Bertz CT molecular complexity index is 440. The van der Waals surface area contributed by atoms with Gasteiger partial charge in [0.25, 0.3) is 5.91 Å². The Morgan fingerprint density at radius 1 is 1.44 bits per heavy atom. The highest BCUT2D eigenvalue weighted by Crippen LogP contribution is 2.23. The number of carbonyl (C=O) groups excluding carboxylic acids is 1. The SMILES string of the molecule is CCOC1=Nc2ccccc2C(=O)N(C)C1. The molecule has 1 aromatic carbocycles. The molecule has 0 aromatic heterocycles. The van der Waals surface area contributed by atoms with Crippen LogP contribution in [0.2, 0.25) is 0 Å². The third-order valence-corrected chi connectivity index (χ3v) is 2.41. The highest BCUT2D eigenvalue weighted by atomic mass is 16.5. The number of benzene rings is 1. The van der Waals surface area contributed by atoms with Gasteiger partial charge in [0.15, 0.2) is 0 Å². The van der Waals surface area contributed by atoms with Crippen LogP contribution < -0.4 is 0 Å². The van der Waals surface area contributed by atoms with Crippen LogP contribution in [0, 0.1) is 0 Å². The van der Waals surface area contributed by atoms with E-state index in [1.807, 2.05) is 25.1 Å². The van der Waals surface area contributed by atoms with Crippen LogP contribution in [0.15, 0.2) is 29.3 Å². The number of para-hydroxylation sites is 1. The van der Waals surface area contributed by atoms with Gasteiger partial charge in [-0.1, -0.05) is 12.1 Å². The van der Waals surface area contributed by atoms with E-state index in [4.69, 9.17) is 4.74 Å². The second-order valence-corrected chi connectivity index (χ2v) is 3.62. The van der Waals surface area contributed by atoms with Crippen LogP contribution in [0.5, 0.6) is 0 Å². The first-order valence-corrected chi connectivity index (χ1v) is 5.27. The molecule has 1 heterocycles. The smallest absolute Gasteiger partial charge is 0.256 e. The normalized spacial score (nSPS) is 15.2. The van der Waals surface area contributed by atoms with Crippen LogP contribution in [-0.4, -0.2) is 36.9 Å². The molecule has 16 heavy (non-hydrogen) atoms. The number of amides is 1. The maximum atomic E-state index is 12.0. The molecule has 0 spiro atoms. The lowest BCUT2D eigenvalue weighted by molar-refractivity contribution is 0.0810. The molecule has 4 heteroatoms. The zero-order valence-electron chi connectivity index (χ0n) is 9.43. The highest BCUT2D eigenvalue weighted by molar-refractivity contribution is 6.03. The van der Waals surface area contributed by atoms with E-state index in [0.717, 1.165) is 0 Å². The van der Waals surface area contributed by atoms with Crippen LogP contribution in [0.1, 0.15) is 17.3 Å². The Balaban J connectivity index is 2.45. The number of nitrogens with zero attached hydrogens (tertiary/aromatic N) is 2. The summed E-state index contributed by atoms with van der Waals surface area (Å²) in [5, 5.41) is 0. The van der Waals surface area contributed by atoms with Crippen molar-refractivity contribution in [1.29, 1.82) is 0 Å². The van der Waals surface area contributed by atoms with Crippen molar-refractivity contribution in [3.63, 3.8) is 0 Å². The zero-order chi connectivity index (χ0) is 11.5. The molecule has 1 amide bonds. The fourth-order valence-corrected chi connectivity index (χ4v) is 1.65. The maximum absolute atomic E-state index is 12.0. The van der Waals surface area contributed by atoms with E-state index in [-0.39, 0.29) is 5.91 Å². The second kappa shape index (κ2) is 4.35. The number of hydrogen-bond acceptors (Lipinski definition) is 3. The molecule has 0 radical (unpaired) electrons. The minimum absolute atomic E-state index is 0.0194. The Kier molecular flexibility index (Phi) is 2.90. The fourth-order valence-electron chi connectivity index (χ4n) is 1.65. The molecule has 1 aliphatic rings. The zero-order valence-corrected chi connectivity index (χ0v) is 9.43. The molecule has 4 nitrogen and oxygen atoms in total. The van der Waals surface area contributed by atoms with Crippen molar-refractivity contribution in [3.05, 3.63) is 29.8 Å². The van der Waals surface area contributed by atoms with Gasteiger partial charge < -0.3 is 9.64 Å². The Hall–Kier alpha value is -1.84. The topological polar surface area (TPSA) is 41.9 Å². The minimum atomic E-state index is -0.0194. The number of rotatable bonds is 1. The van der Waals surface area contributed by atoms with E-state index >= 15 is 0 Å². The van der Waals surface area contributed by atoms with Gasteiger partial charge in [-0.2, -0.15) is 0 Å². The molecule has 0 fully saturated rings. The third kappa shape index (κ3) is 1.91. The van der Waals surface area contributed by atoms with E-state index in [2.05, 4.69) is 4.99 Å². The quantitative estimate of drug-likeness (QED) is 0.721. The minimum Gasteiger partial charge on any atom is -0.480 e. The Morgan fingerprint density at radius 2 is 2.19 bits per heavy atom. The van der Waals surface area contributed by atoms with Crippen molar-refractivity contribution in [2.75, 3.05) is 20.2 Å². The van der Waals surface area contributed by atoms with Gasteiger partial charge in [0.05, 0.1) is 24.4 Å². The van der Waals surface area contributed by atoms with Gasteiger partial charge in [-0.25, -0.2) is 4.99 Å². The van der Waals surface area contributed by atoms with E-state index < -0.39 is 0 Å². The first kappa shape index (κ1) is 10.7. The summed E-state index contributed by atoms with van der Waals surface area (Å²) in [5.41, 5.74) is 1.31. The monoisotopic (exact) mass is 218 g/mol. The summed E-state index contributed by atoms with van der Waals surface area (Å²) >= 11 is 0. The Labute approximate surface area is 94.5 Å². The van der Waals surface area contributed by atoms with Gasteiger partial charge >= 0.3 is 0 Å². The number of ether oxygens (including phenoxy) is 1. The molecule has 0 saturated heterocycles. The highest BCUT2D eigenvalue weighted by Gasteiger charge is 2.21. The summed E-state index contributed by atoms with van der Waals surface area (Å²) < 4.78 is 5.39. The van der Waals surface area contributed by atoms with Gasteiger partial charge in [0.2, 0.25) is 5.90 Å². The molecule has 0 N–H and O–H groups in total. The molecule has 1 aromatic rings. The largest absolute Gasteiger partial charge is 0.480 e. The summed E-state index contributed by atoms with van der Waals surface area (Å²) in [6.45, 7) is 2.88. The van der Waals surface area contributed by atoms with Crippen molar-refractivity contribution in [3.8, 4) is 0 Å². The number of carbonyl (C=O) groups is 1. The van der Waals surface area contributed by atoms with Crippen LogP contribution in [0.4, 0.5) is 5.69 Å². The van der Waals surface area contributed by atoms with E-state index in [1.165, 1.54) is 0 Å². The van der Waals surface area contributed by atoms with Crippen molar-refractivity contribution in [1.82, 2.24) is 4.90 Å². The van der Waals surface area contributed by atoms with Gasteiger partial charge in [-0.3, -0.25) is 4.79 Å². The molecule has 2 rings (SSSR count). The maximum Gasteiger partial charge on any atom is 0.256 e. The predicted octanol–water partition coefficient (Wildman–Crippen LogP) is 1.84. The second-order valence-electron chi connectivity index (χ2n) is 3.62. The lowest BCUT2D eigenvalue weighted by Crippen LogP contribution is -2.31. The standard InChI is InChI=1S/C12H14N2O2/c1-3-16-11-8-14(2)12(15)9-6-4-5-7-10(9)13-11/h4-7H,3,8H2,1-2H3. The fraction of sp³-hybridized carbons (Fsp3) is 0.333. The van der Waals surface area contributed by atoms with Crippen LogP contribution >= 0.6 is 0 Å². The molecule has 1 aliphatic heterocycles. The summed E-state index contributed by atoms with van der Waals surface area (Å²) in [6, 6.07) is 7.31. The number of hydrogen-bond donors (Lipinski definition) is 0. The molecule has 0 unspecified atom stereocenters. The summed E-state index contributed by atoms with van der Waals surface area (Å²) in [5.74, 6) is 0.567.